The predicted molar refractivity (Wildman–Crippen MR) is 106 cm³/mol. The van der Waals surface area contributed by atoms with E-state index in [1.165, 1.54) is 14.0 Å². The lowest BCUT2D eigenvalue weighted by Gasteiger charge is -2.06. The van der Waals surface area contributed by atoms with Crippen LogP contribution in [0.1, 0.15) is 47.2 Å². The molecular formula is C22H24N2O3. The summed E-state index contributed by atoms with van der Waals surface area (Å²) in [7, 11) is 1.35. The fraction of sp³-hybridized carbons (Fsp3) is 0.227. The van der Waals surface area contributed by atoms with Gasteiger partial charge >= 0.3 is 5.97 Å². The molecule has 1 heterocycles. The molecule has 1 aromatic heterocycles. The largest absolute Gasteiger partial charge is 0.465 e. The van der Waals surface area contributed by atoms with E-state index in [1.54, 1.807) is 22.9 Å². The number of methoxy groups -OCH3 is 1. The van der Waals surface area contributed by atoms with Crippen molar-refractivity contribution < 1.29 is 14.3 Å². The standard InChI is InChI=1S/C20H18N2O3.C2H6/c1-14(23)19-12-18(16-6-4-3-5-7-16)21-22(19)13-15-8-10-17(11-9-15)20(24)25-2;1-2/h3-12H,13H2,1-2H3;1-2H3. The lowest BCUT2D eigenvalue weighted by atomic mass is 10.1. The van der Waals surface area contributed by atoms with Crippen molar-refractivity contribution in [1.29, 1.82) is 0 Å². The van der Waals surface area contributed by atoms with E-state index in [4.69, 9.17) is 4.74 Å². The Hall–Kier alpha value is -3.21. The third-order valence-electron chi connectivity index (χ3n) is 3.92. The first-order valence-corrected chi connectivity index (χ1v) is 8.90. The number of benzene rings is 2. The maximum atomic E-state index is 12.0. The summed E-state index contributed by atoms with van der Waals surface area (Å²) in [5.41, 5.74) is 3.71. The van der Waals surface area contributed by atoms with Crippen molar-refractivity contribution in [2.24, 2.45) is 0 Å². The number of esters is 1. The highest BCUT2D eigenvalue weighted by Gasteiger charge is 2.14. The molecule has 0 saturated carbocycles. The van der Waals surface area contributed by atoms with Gasteiger partial charge in [0.2, 0.25) is 0 Å². The number of Topliss-reactive ketones (excluding diaryl/α,β-unsaturated/α-hetero) is 1. The van der Waals surface area contributed by atoms with Gasteiger partial charge in [-0.15, -0.1) is 0 Å². The second kappa shape index (κ2) is 9.48. The van der Waals surface area contributed by atoms with Gasteiger partial charge in [-0.2, -0.15) is 5.10 Å². The zero-order valence-electron chi connectivity index (χ0n) is 16.1. The second-order valence-corrected chi connectivity index (χ2v) is 5.68. The Balaban J connectivity index is 0.00000126. The lowest BCUT2D eigenvalue weighted by Crippen LogP contribution is -2.09. The van der Waals surface area contributed by atoms with Crippen LogP contribution in [0.2, 0.25) is 0 Å². The molecule has 5 heteroatoms. The molecule has 5 nitrogen and oxygen atoms in total. The van der Waals surface area contributed by atoms with E-state index in [-0.39, 0.29) is 11.8 Å². The van der Waals surface area contributed by atoms with E-state index in [1.807, 2.05) is 56.3 Å². The normalized spacial score (nSPS) is 9.93. The van der Waals surface area contributed by atoms with Gasteiger partial charge in [-0.3, -0.25) is 9.48 Å². The number of carbonyl (C=O) groups excluding carboxylic acids is 2. The maximum absolute atomic E-state index is 12.0. The average molecular weight is 364 g/mol. The van der Waals surface area contributed by atoms with E-state index in [0.29, 0.717) is 17.8 Å². The van der Waals surface area contributed by atoms with Crippen molar-refractivity contribution in [3.05, 3.63) is 77.5 Å². The first-order valence-electron chi connectivity index (χ1n) is 8.90. The number of ether oxygens (including phenoxy) is 1. The molecule has 0 spiro atoms. The molecule has 0 atom stereocenters. The Morgan fingerprint density at radius 1 is 1.00 bits per heavy atom. The fourth-order valence-corrected chi connectivity index (χ4v) is 2.61. The first-order chi connectivity index (χ1) is 13.1. The van der Waals surface area contributed by atoms with Crippen LogP contribution in [0.25, 0.3) is 11.3 Å². The second-order valence-electron chi connectivity index (χ2n) is 5.68. The third kappa shape index (κ3) is 4.91. The summed E-state index contributed by atoms with van der Waals surface area (Å²) in [6, 6.07) is 18.6. The number of ketones is 1. The van der Waals surface area contributed by atoms with Crippen LogP contribution in [0, 0.1) is 0 Å². The first kappa shape index (κ1) is 20.1. The van der Waals surface area contributed by atoms with Crippen LogP contribution in [-0.2, 0) is 11.3 Å². The fourth-order valence-electron chi connectivity index (χ4n) is 2.61. The quantitative estimate of drug-likeness (QED) is 0.490. The zero-order chi connectivity index (χ0) is 19.8. The minimum Gasteiger partial charge on any atom is -0.465 e. The molecule has 0 bridgehead atoms. The average Bonchev–Trinajstić information content (AvgIpc) is 3.14. The van der Waals surface area contributed by atoms with E-state index in [0.717, 1.165) is 16.8 Å². The molecule has 0 saturated heterocycles. The highest BCUT2D eigenvalue weighted by molar-refractivity contribution is 5.93. The molecule has 0 aliphatic heterocycles. The topological polar surface area (TPSA) is 61.2 Å². The van der Waals surface area contributed by atoms with Crippen LogP contribution in [-0.4, -0.2) is 28.6 Å². The molecule has 0 unspecified atom stereocenters. The number of nitrogens with zero attached hydrogens (tertiary/aromatic N) is 2. The van der Waals surface area contributed by atoms with Gasteiger partial charge in [-0.05, 0) is 23.8 Å². The van der Waals surface area contributed by atoms with Gasteiger partial charge in [-0.25, -0.2) is 4.79 Å². The van der Waals surface area contributed by atoms with Gasteiger partial charge in [0.25, 0.3) is 0 Å². The number of hydrogen-bond acceptors (Lipinski definition) is 4. The smallest absolute Gasteiger partial charge is 0.337 e. The number of aromatic nitrogens is 2. The summed E-state index contributed by atoms with van der Waals surface area (Å²) in [4.78, 5) is 23.5. The molecule has 3 rings (SSSR count). The van der Waals surface area contributed by atoms with Gasteiger partial charge in [0.05, 0.1) is 24.9 Å². The Morgan fingerprint density at radius 2 is 1.63 bits per heavy atom. The SMILES string of the molecule is CC.COC(=O)c1ccc(Cn2nc(-c3ccccc3)cc2C(C)=O)cc1. The highest BCUT2D eigenvalue weighted by Crippen LogP contribution is 2.20. The van der Waals surface area contributed by atoms with Crippen LogP contribution in [0.3, 0.4) is 0 Å². The number of carbonyl (C=O) groups is 2. The van der Waals surface area contributed by atoms with Crippen molar-refractivity contribution in [3.63, 3.8) is 0 Å². The van der Waals surface area contributed by atoms with Crippen molar-refractivity contribution in [2.45, 2.75) is 27.3 Å². The molecule has 3 aromatic rings. The summed E-state index contributed by atoms with van der Waals surface area (Å²) >= 11 is 0. The van der Waals surface area contributed by atoms with E-state index in [9.17, 15) is 9.59 Å². The molecule has 0 fully saturated rings. The van der Waals surface area contributed by atoms with Crippen LogP contribution in [0.15, 0.2) is 60.7 Å². The maximum Gasteiger partial charge on any atom is 0.337 e. The predicted octanol–water partition coefficient (Wildman–Crippen LogP) is 4.61. The van der Waals surface area contributed by atoms with Crippen LogP contribution < -0.4 is 0 Å². The third-order valence-corrected chi connectivity index (χ3v) is 3.92. The van der Waals surface area contributed by atoms with Gasteiger partial charge in [0.15, 0.2) is 5.78 Å². The molecule has 0 aliphatic rings. The Labute approximate surface area is 159 Å². The molecule has 2 aromatic carbocycles. The summed E-state index contributed by atoms with van der Waals surface area (Å²) in [5, 5.41) is 4.57. The number of hydrogen-bond donors (Lipinski definition) is 0. The van der Waals surface area contributed by atoms with Gasteiger partial charge in [-0.1, -0.05) is 56.3 Å². The molecule has 0 radical (unpaired) electrons. The van der Waals surface area contributed by atoms with E-state index < -0.39 is 0 Å². The minimum atomic E-state index is -0.374. The summed E-state index contributed by atoms with van der Waals surface area (Å²) in [6.07, 6.45) is 0. The summed E-state index contributed by atoms with van der Waals surface area (Å²) in [5.74, 6) is -0.415. The minimum absolute atomic E-state index is 0.0409. The van der Waals surface area contributed by atoms with E-state index in [2.05, 4.69) is 5.10 Å². The Kier molecular flexibility index (Phi) is 7.06. The van der Waals surface area contributed by atoms with Crippen LogP contribution in [0.5, 0.6) is 0 Å². The zero-order valence-corrected chi connectivity index (χ0v) is 16.1. The van der Waals surface area contributed by atoms with Gasteiger partial charge < -0.3 is 4.74 Å². The van der Waals surface area contributed by atoms with E-state index >= 15 is 0 Å². The van der Waals surface area contributed by atoms with Gasteiger partial charge in [0, 0.05) is 12.5 Å². The molecule has 140 valence electrons. The molecule has 0 amide bonds. The molecule has 0 N–H and O–H groups in total. The summed E-state index contributed by atoms with van der Waals surface area (Å²) < 4.78 is 6.39. The lowest BCUT2D eigenvalue weighted by molar-refractivity contribution is 0.0600. The van der Waals surface area contributed by atoms with Crippen LogP contribution in [0.4, 0.5) is 0 Å². The Morgan fingerprint density at radius 3 is 2.19 bits per heavy atom. The van der Waals surface area contributed by atoms with Crippen LogP contribution >= 0.6 is 0 Å². The Bertz CT molecular complexity index is 897. The van der Waals surface area contributed by atoms with Crippen molar-refractivity contribution >= 4 is 11.8 Å². The monoisotopic (exact) mass is 364 g/mol. The van der Waals surface area contributed by atoms with Crippen molar-refractivity contribution in [1.82, 2.24) is 9.78 Å². The van der Waals surface area contributed by atoms with Crippen molar-refractivity contribution in [3.8, 4) is 11.3 Å². The highest BCUT2D eigenvalue weighted by atomic mass is 16.5. The molecule has 0 aliphatic carbocycles. The van der Waals surface area contributed by atoms with Crippen molar-refractivity contribution in [2.75, 3.05) is 7.11 Å². The molecule has 27 heavy (non-hydrogen) atoms. The van der Waals surface area contributed by atoms with Gasteiger partial charge in [0.1, 0.15) is 5.69 Å². The molecular weight excluding hydrogens is 340 g/mol. The summed E-state index contributed by atoms with van der Waals surface area (Å²) in [6.45, 7) is 5.98. The number of rotatable bonds is 5.